The van der Waals surface area contributed by atoms with Gasteiger partial charge in [-0.15, -0.1) is 0 Å². The number of amides is 1. The lowest BCUT2D eigenvalue weighted by Crippen LogP contribution is -2.45. The van der Waals surface area contributed by atoms with Crippen LogP contribution < -0.4 is 5.32 Å². The molecule has 6 heteroatoms. The molecule has 0 aliphatic rings. The van der Waals surface area contributed by atoms with Crippen molar-refractivity contribution in [3.8, 4) is 0 Å². The van der Waals surface area contributed by atoms with E-state index in [1.54, 1.807) is 6.08 Å². The molecule has 0 saturated heterocycles. The minimum atomic E-state index is -0.842. The number of hydrogen-bond donors (Lipinski definition) is 3. The molecule has 0 heterocycles. The molecule has 0 radical (unpaired) electrons. The van der Waals surface area contributed by atoms with Crippen LogP contribution in [0.2, 0.25) is 0 Å². The number of carbonyl (C=O) groups excluding carboxylic acids is 2. The van der Waals surface area contributed by atoms with Crippen molar-refractivity contribution in [1.82, 2.24) is 5.32 Å². The Balaban J connectivity index is 3.34. The lowest BCUT2D eigenvalue weighted by atomic mass is 10.0. The predicted molar refractivity (Wildman–Crippen MR) is 384 cm³/mol. The Bertz CT molecular complexity index is 1320. The fourth-order valence-corrected chi connectivity index (χ4v) is 13.2. The number of rotatable bonds is 77. The van der Waals surface area contributed by atoms with Gasteiger partial charge in [0.2, 0.25) is 5.91 Å². The van der Waals surface area contributed by atoms with E-state index in [-0.39, 0.29) is 18.5 Å². The van der Waals surface area contributed by atoms with Crippen molar-refractivity contribution in [2.24, 2.45) is 0 Å². The number of hydrogen-bond acceptors (Lipinski definition) is 5. The van der Waals surface area contributed by atoms with Crippen LogP contribution in [0.4, 0.5) is 0 Å². The lowest BCUT2D eigenvalue weighted by molar-refractivity contribution is -0.143. The van der Waals surface area contributed by atoms with E-state index in [2.05, 4.69) is 19.2 Å². The molecule has 6 nitrogen and oxygen atoms in total. The first-order chi connectivity index (χ1) is 43.0. The highest BCUT2D eigenvalue weighted by molar-refractivity contribution is 5.76. The summed E-state index contributed by atoms with van der Waals surface area (Å²) >= 11 is 0. The molecule has 3 N–H and O–H groups in total. The van der Waals surface area contributed by atoms with Gasteiger partial charge < -0.3 is 20.3 Å². The van der Waals surface area contributed by atoms with Crippen molar-refractivity contribution >= 4 is 11.9 Å². The summed E-state index contributed by atoms with van der Waals surface area (Å²) in [6.45, 7) is 4.96. The quantitative estimate of drug-likeness (QED) is 0.0320. The number of allylic oxidation sites excluding steroid dienone is 1. The molecule has 2 unspecified atom stereocenters. The van der Waals surface area contributed by atoms with Crippen LogP contribution in [0.25, 0.3) is 0 Å². The van der Waals surface area contributed by atoms with Crippen LogP contribution in [-0.2, 0) is 14.3 Å². The summed E-state index contributed by atoms with van der Waals surface area (Å²) in [6.07, 6.45) is 97.8. The minimum absolute atomic E-state index is 0.0232. The Hall–Kier alpha value is -1.40. The normalized spacial score (nSPS) is 12.5. The van der Waals surface area contributed by atoms with Crippen molar-refractivity contribution in [1.29, 1.82) is 0 Å². The lowest BCUT2D eigenvalue weighted by Gasteiger charge is -2.20. The summed E-state index contributed by atoms with van der Waals surface area (Å²) in [5, 5.41) is 23.3. The van der Waals surface area contributed by atoms with Crippen molar-refractivity contribution in [3.05, 3.63) is 12.2 Å². The van der Waals surface area contributed by atoms with Gasteiger partial charge in [0.05, 0.1) is 25.4 Å². The van der Waals surface area contributed by atoms with Crippen LogP contribution in [0.15, 0.2) is 12.2 Å². The summed E-state index contributed by atoms with van der Waals surface area (Å²) in [4.78, 5) is 24.6. The number of aliphatic hydroxyl groups excluding tert-OH is 2. The van der Waals surface area contributed by atoms with Gasteiger partial charge in [-0.25, -0.2) is 0 Å². The molecule has 0 fully saturated rings. The summed E-state index contributed by atoms with van der Waals surface area (Å²) in [5.74, 6) is -0.0336. The molecule has 1 amide bonds. The first kappa shape index (κ1) is 85.6. The Labute approximate surface area is 546 Å². The molecule has 0 aromatic rings. The van der Waals surface area contributed by atoms with Gasteiger partial charge in [0.25, 0.3) is 0 Å². The second kappa shape index (κ2) is 77.1. The maximum Gasteiger partial charge on any atom is 0.305 e. The fourth-order valence-electron chi connectivity index (χ4n) is 13.2. The van der Waals surface area contributed by atoms with Crippen LogP contribution in [0.3, 0.4) is 0 Å². The zero-order valence-corrected chi connectivity index (χ0v) is 59.5. The third-order valence-corrected chi connectivity index (χ3v) is 19.3. The molecule has 0 saturated carbocycles. The van der Waals surface area contributed by atoms with Crippen LogP contribution >= 0.6 is 0 Å². The number of unbranched alkanes of at least 4 members (excludes halogenated alkanes) is 66. The maximum absolute atomic E-state index is 12.6. The molecule has 2 atom stereocenters. The van der Waals surface area contributed by atoms with Gasteiger partial charge in [-0.05, 0) is 32.1 Å². The van der Waals surface area contributed by atoms with Crippen LogP contribution in [0.1, 0.15) is 470 Å². The summed E-state index contributed by atoms with van der Waals surface area (Å²) in [7, 11) is 0. The molecule has 0 aromatic carbocycles. The van der Waals surface area contributed by atoms with E-state index in [1.807, 2.05) is 6.08 Å². The first-order valence-electron chi connectivity index (χ1n) is 40.5. The van der Waals surface area contributed by atoms with Crippen LogP contribution in [0, 0.1) is 0 Å². The number of aliphatic hydroxyl groups is 2. The summed E-state index contributed by atoms with van der Waals surface area (Å²) in [6, 6.07) is -0.624. The second-order valence-corrected chi connectivity index (χ2v) is 28.1. The molecular formula is C81H159NO5. The van der Waals surface area contributed by atoms with E-state index in [4.69, 9.17) is 4.74 Å². The Morgan fingerprint density at radius 2 is 0.529 bits per heavy atom. The van der Waals surface area contributed by atoms with E-state index in [0.717, 1.165) is 38.5 Å². The van der Waals surface area contributed by atoms with E-state index in [1.165, 1.54) is 405 Å². The highest BCUT2D eigenvalue weighted by atomic mass is 16.5. The summed E-state index contributed by atoms with van der Waals surface area (Å²) < 4.78 is 5.48. The van der Waals surface area contributed by atoms with E-state index < -0.39 is 12.1 Å². The molecule has 0 bridgehead atoms. The molecule has 518 valence electrons. The molecule has 87 heavy (non-hydrogen) atoms. The second-order valence-electron chi connectivity index (χ2n) is 28.1. The number of carbonyl (C=O) groups is 2. The molecular weight excluding hydrogens is 1070 g/mol. The molecule has 0 aliphatic carbocycles. The zero-order valence-electron chi connectivity index (χ0n) is 59.5. The monoisotopic (exact) mass is 1230 g/mol. The van der Waals surface area contributed by atoms with Crippen LogP contribution in [0.5, 0.6) is 0 Å². The van der Waals surface area contributed by atoms with Crippen molar-refractivity contribution in [2.45, 2.75) is 482 Å². The number of ether oxygens (including phenoxy) is 1. The standard InChI is InChI=1S/C81H159NO5/c1-3-5-7-9-11-13-15-16-17-18-19-20-21-35-38-41-44-47-50-54-57-61-65-69-73-79(84)78(77-83)82-80(85)74-70-66-62-58-55-51-48-45-42-39-36-33-31-29-27-25-23-22-24-26-28-30-32-34-37-40-43-46-49-52-56-60-64-68-72-76-87-81(86)75-71-67-63-59-53-14-12-10-8-6-4-2/h69,73,78-79,83-84H,3-68,70-72,74-77H2,1-2H3,(H,82,85)/b73-69+. The fraction of sp³-hybridized carbons (Fsp3) is 0.951. The van der Waals surface area contributed by atoms with Gasteiger partial charge in [-0.3, -0.25) is 9.59 Å². The molecule has 0 spiro atoms. The Morgan fingerprint density at radius 3 is 0.782 bits per heavy atom. The average Bonchev–Trinajstić information content (AvgIpc) is 3.54. The topological polar surface area (TPSA) is 95.9 Å². The molecule has 0 aliphatic heterocycles. The van der Waals surface area contributed by atoms with E-state index >= 15 is 0 Å². The third-order valence-electron chi connectivity index (χ3n) is 19.3. The predicted octanol–water partition coefficient (Wildman–Crippen LogP) is 26.7. The number of esters is 1. The average molecular weight is 1230 g/mol. The largest absolute Gasteiger partial charge is 0.466 e. The van der Waals surface area contributed by atoms with Crippen molar-refractivity contribution < 1.29 is 24.5 Å². The number of nitrogens with one attached hydrogen (secondary N) is 1. The van der Waals surface area contributed by atoms with Gasteiger partial charge in [0, 0.05) is 12.8 Å². The van der Waals surface area contributed by atoms with Gasteiger partial charge in [0.15, 0.2) is 0 Å². The van der Waals surface area contributed by atoms with Crippen LogP contribution in [-0.4, -0.2) is 47.4 Å². The Morgan fingerprint density at radius 1 is 0.310 bits per heavy atom. The van der Waals surface area contributed by atoms with Gasteiger partial charge in [-0.2, -0.15) is 0 Å². The minimum Gasteiger partial charge on any atom is -0.466 e. The first-order valence-corrected chi connectivity index (χ1v) is 40.5. The van der Waals surface area contributed by atoms with E-state index in [0.29, 0.717) is 19.4 Å². The maximum atomic E-state index is 12.6. The summed E-state index contributed by atoms with van der Waals surface area (Å²) in [5.41, 5.74) is 0. The molecule has 0 rings (SSSR count). The highest BCUT2D eigenvalue weighted by Crippen LogP contribution is 2.21. The van der Waals surface area contributed by atoms with Gasteiger partial charge >= 0.3 is 5.97 Å². The molecule has 0 aromatic heterocycles. The van der Waals surface area contributed by atoms with E-state index in [9.17, 15) is 19.8 Å². The van der Waals surface area contributed by atoms with Gasteiger partial charge in [0.1, 0.15) is 0 Å². The van der Waals surface area contributed by atoms with Crippen molar-refractivity contribution in [2.75, 3.05) is 13.2 Å². The smallest absolute Gasteiger partial charge is 0.305 e. The van der Waals surface area contributed by atoms with Crippen molar-refractivity contribution in [3.63, 3.8) is 0 Å². The highest BCUT2D eigenvalue weighted by Gasteiger charge is 2.18. The SMILES string of the molecule is CCCCCCCCCCCCCCCCCCCCCCCC/C=C/C(O)C(CO)NC(=O)CCCCCCCCCCCCCCCCCCCCCCCCCCCCCCCCCCCCCOC(=O)CCCCCCCCCCCCC. The third kappa shape index (κ3) is 73.5. The van der Waals surface area contributed by atoms with Gasteiger partial charge in [-0.1, -0.05) is 437 Å². The zero-order chi connectivity index (χ0) is 62.8. The Kier molecular flexibility index (Phi) is 75.8.